The topological polar surface area (TPSA) is 0 Å². The first-order chi connectivity index (χ1) is 11.3. The minimum atomic E-state index is -3.64. The van der Waals surface area contributed by atoms with Crippen LogP contribution >= 0.6 is 99.7 Å². The minimum absolute atomic E-state index is 0. The van der Waals surface area contributed by atoms with E-state index in [1.54, 1.807) is 24.3 Å². The van der Waals surface area contributed by atoms with Crippen LogP contribution in [0.3, 0.4) is 0 Å². The zero-order chi connectivity index (χ0) is 19.5. The van der Waals surface area contributed by atoms with Gasteiger partial charge in [-0.25, -0.2) is 0 Å². The third-order valence-corrected chi connectivity index (χ3v) is 86.3. The van der Waals surface area contributed by atoms with E-state index < -0.39 is 23.2 Å². The summed E-state index contributed by atoms with van der Waals surface area (Å²) < 4.78 is 0. The fourth-order valence-corrected chi connectivity index (χ4v) is 134. The van der Waals surface area contributed by atoms with Gasteiger partial charge >= 0.3 is 16.6 Å². The van der Waals surface area contributed by atoms with E-state index in [4.69, 9.17) is 99.7 Å². The number of hydrogen-bond acceptors (Lipinski definition) is 0. The summed E-state index contributed by atoms with van der Waals surface area (Å²) >= 11 is 56.4. The average molecular weight is 642 g/mol. The second kappa shape index (κ2) is 11.2. The molecule has 2 aromatic carbocycles. The van der Waals surface area contributed by atoms with Crippen molar-refractivity contribution in [3.8, 4) is 0 Å². The Morgan fingerprint density at radius 1 is 0.654 bits per heavy atom. The SMILES string of the molecule is C=C([c-]1cccc1)[Si]([Si](Cl)(Cl)Cl)([Si](Cl)(Cl)Cl)[Si](Cl)(Cl)Cl.[Fe].[cH-]1[cH-][cH-][cH-][cH-]1. The van der Waals surface area contributed by atoms with Crippen molar-refractivity contribution < 1.29 is 17.1 Å². The van der Waals surface area contributed by atoms with Gasteiger partial charge in [0.2, 0.25) is 6.63 Å². The maximum absolute atomic E-state index is 6.27. The number of rotatable bonds is 5. The third kappa shape index (κ3) is 6.47. The molecule has 0 nitrogen and oxygen atoms in total. The molecular formula is C12H11Cl9FeSi4-6. The fraction of sp³-hybridized carbons (Fsp3) is 0. The Morgan fingerprint density at radius 2 is 0.923 bits per heavy atom. The van der Waals surface area contributed by atoms with E-state index in [0.29, 0.717) is 10.8 Å². The summed E-state index contributed by atoms with van der Waals surface area (Å²) in [6, 6.07) is 17.1. The molecule has 0 N–H and O–H groups in total. The molecule has 14 heteroatoms. The van der Waals surface area contributed by atoms with Crippen molar-refractivity contribution in [1.29, 1.82) is 0 Å². The Bertz CT molecular complexity index is 603. The van der Waals surface area contributed by atoms with Crippen LogP contribution in [0.2, 0.25) is 0 Å². The molecule has 0 aliphatic heterocycles. The van der Waals surface area contributed by atoms with Gasteiger partial charge in [0.1, 0.15) is 0 Å². The van der Waals surface area contributed by atoms with Crippen molar-refractivity contribution in [3.05, 3.63) is 66.7 Å². The summed E-state index contributed by atoms with van der Waals surface area (Å²) in [5.41, 5.74) is -10.2. The Balaban J connectivity index is 0.000000893. The minimum Gasteiger partial charge on any atom is -0.748 e. The predicted octanol–water partition coefficient (Wildman–Crippen LogP) is 8.01. The first-order valence-electron chi connectivity index (χ1n) is 6.55. The Morgan fingerprint density at radius 3 is 1.15 bits per heavy atom. The van der Waals surface area contributed by atoms with Gasteiger partial charge in [0.15, 0.2) is 0 Å². The van der Waals surface area contributed by atoms with E-state index in [0.717, 1.165) is 0 Å². The largest absolute Gasteiger partial charge is 0.748 e. The maximum atomic E-state index is 6.27. The molecule has 26 heavy (non-hydrogen) atoms. The first kappa shape index (κ1) is 28.4. The molecule has 0 bridgehead atoms. The van der Waals surface area contributed by atoms with Gasteiger partial charge in [-0.2, -0.15) is 18.7 Å². The van der Waals surface area contributed by atoms with Crippen molar-refractivity contribution in [2.75, 3.05) is 0 Å². The van der Waals surface area contributed by atoms with Crippen LogP contribution in [0, 0.1) is 0 Å². The number of hydrogen-bond donors (Lipinski definition) is 0. The smallest absolute Gasteiger partial charge is 0.331 e. The number of halogens is 9. The van der Waals surface area contributed by atoms with E-state index in [-0.39, 0.29) is 17.1 Å². The van der Waals surface area contributed by atoms with Gasteiger partial charge in [0.25, 0.3) is 0 Å². The van der Waals surface area contributed by atoms with Crippen LogP contribution in [0.4, 0.5) is 0 Å². The van der Waals surface area contributed by atoms with Crippen LogP contribution in [0.25, 0.3) is 5.20 Å². The summed E-state index contributed by atoms with van der Waals surface area (Å²) in [7, 11) is 0. The molecule has 0 aliphatic carbocycles. The van der Waals surface area contributed by atoms with Gasteiger partial charge in [-0.1, -0.05) is 0 Å². The zero-order valence-electron chi connectivity index (χ0n) is 12.7. The molecule has 0 spiro atoms. The van der Waals surface area contributed by atoms with Crippen LogP contribution in [0.5, 0.6) is 0 Å². The molecule has 0 aromatic heterocycles. The molecule has 0 fully saturated rings. The molecule has 0 radical (unpaired) electrons. The van der Waals surface area contributed by atoms with Crippen LogP contribution in [-0.4, -0.2) is 23.2 Å². The predicted molar refractivity (Wildman–Crippen MR) is 129 cm³/mol. The molecule has 0 atom stereocenters. The van der Waals surface area contributed by atoms with Gasteiger partial charge < -0.3 is 30.3 Å². The summed E-state index contributed by atoms with van der Waals surface area (Å²) in [6.45, 7) is 0.378. The van der Waals surface area contributed by atoms with Crippen molar-refractivity contribution in [2.45, 2.75) is 0 Å². The maximum Gasteiger partial charge on any atom is 0.331 e. The van der Waals surface area contributed by atoms with E-state index >= 15 is 0 Å². The summed E-state index contributed by atoms with van der Waals surface area (Å²) in [4.78, 5) is 0. The normalized spacial score (nSPS) is 12.7. The van der Waals surface area contributed by atoms with Crippen molar-refractivity contribution in [1.82, 2.24) is 0 Å². The molecule has 0 unspecified atom stereocenters. The van der Waals surface area contributed by atoms with Gasteiger partial charge in [-0.15, -0.1) is 123 Å². The summed E-state index contributed by atoms with van der Waals surface area (Å²) in [6.07, 6.45) is 0. The first-order valence-corrected chi connectivity index (χ1v) is 26.7. The standard InChI is InChI=1S/C7H6Cl9Si4.C5H5.Fe/c1-6(7-4-2-3-5-7)17(18(8,9)10,19(11,12)13)20(14,15)16;1-2-4-5-3-1;/h2-5H,1H2;1-5H;/q-1;-5;. The molecular weight excluding hydrogens is 631 g/mol. The second-order valence-electron chi connectivity index (χ2n) is 4.86. The van der Waals surface area contributed by atoms with Gasteiger partial charge in [-0.3, -0.25) is 0 Å². The van der Waals surface area contributed by atoms with Crippen LogP contribution < -0.4 is 0 Å². The summed E-state index contributed by atoms with van der Waals surface area (Å²) in [5, 5.41) is 0.410. The second-order valence-corrected chi connectivity index (χ2v) is 57.0. The van der Waals surface area contributed by atoms with Gasteiger partial charge in [0, 0.05) is 17.1 Å². The molecule has 2 aromatic rings. The van der Waals surface area contributed by atoms with E-state index in [9.17, 15) is 0 Å². The molecule has 0 saturated carbocycles. The fourth-order valence-electron chi connectivity index (χ4n) is 2.11. The molecule has 152 valence electrons. The average Bonchev–Trinajstić information content (AvgIpc) is 3.11. The van der Waals surface area contributed by atoms with Crippen LogP contribution in [-0.2, 0) is 17.1 Å². The monoisotopic (exact) mass is 638 g/mol. The molecule has 0 saturated heterocycles. The third-order valence-electron chi connectivity index (χ3n) is 3.29. The molecule has 0 aliphatic rings. The van der Waals surface area contributed by atoms with Crippen molar-refractivity contribution in [2.24, 2.45) is 0 Å². The Kier molecular flexibility index (Phi) is 12.2. The summed E-state index contributed by atoms with van der Waals surface area (Å²) in [5.74, 6) is 0. The van der Waals surface area contributed by atoms with Crippen LogP contribution in [0.1, 0.15) is 5.56 Å². The van der Waals surface area contributed by atoms with E-state index in [2.05, 4.69) is 6.58 Å². The Labute approximate surface area is 209 Å². The van der Waals surface area contributed by atoms with E-state index in [1.165, 1.54) is 0 Å². The zero-order valence-corrected chi connectivity index (χ0v) is 24.6. The molecule has 2 rings (SSSR count). The van der Waals surface area contributed by atoms with E-state index in [1.807, 2.05) is 30.3 Å². The molecule has 0 heterocycles. The van der Waals surface area contributed by atoms with Crippen molar-refractivity contribution in [3.63, 3.8) is 0 Å². The van der Waals surface area contributed by atoms with Crippen LogP contribution in [0.15, 0.2) is 61.2 Å². The Hall–Kier alpha value is 2.44. The van der Waals surface area contributed by atoms with Crippen molar-refractivity contribution >= 4 is 128 Å². The molecule has 0 amide bonds. The quantitative estimate of drug-likeness (QED) is 0.176. The van der Waals surface area contributed by atoms with Gasteiger partial charge in [-0.05, 0) is 0 Å². The van der Waals surface area contributed by atoms with Gasteiger partial charge in [0.05, 0.1) is 0 Å².